The molecule has 1 heterocycles. The number of hydrogen-bond acceptors (Lipinski definition) is 4. The third-order valence-corrected chi connectivity index (χ3v) is 8.32. The summed E-state index contributed by atoms with van der Waals surface area (Å²) in [6.45, 7) is 7.48. The maximum absolute atomic E-state index is 9.73. The highest BCUT2D eigenvalue weighted by atomic mass is 16.5. The molecule has 0 aromatic heterocycles. The minimum Gasteiger partial charge on any atom is -0.494 e. The number of hydrogen-bond donors (Lipinski definition) is 1. The van der Waals surface area contributed by atoms with Gasteiger partial charge in [0.2, 0.25) is 0 Å². The quantitative estimate of drug-likeness (QED) is 0.758. The van der Waals surface area contributed by atoms with Crippen LogP contribution in [0.25, 0.3) is 0 Å². The molecule has 4 heteroatoms. The summed E-state index contributed by atoms with van der Waals surface area (Å²) >= 11 is 0. The molecule has 1 N–H and O–H groups in total. The van der Waals surface area contributed by atoms with E-state index < -0.39 is 0 Å². The summed E-state index contributed by atoms with van der Waals surface area (Å²) in [6.07, 6.45) is 8.40. The predicted molar refractivity (Wildman–Crippen MR) is 116 cm³/mol. The average molecular weight is 399 g/mol. The van der Waals surface area contributed by atoms with Crippen molar-refractivity contribution in [3.05, 3.63) is 29.8 Å². The van der Waals surface area contributed by atoms with Gasteiger partial charge in [0.15, 0.2) is 0 Å². The Morgan fingerprint density at radius 3 is 2.28 bits per heavy atom. The van der Waals surface area contributed by atoms with E-state index in [-0.39, 0.29) is 0 Å². The topological polar surface area (TPSA) is 35.9 Å². The maximum atomic E-state index is 9.73. The van der Waals surface area contributed by atoms with Crippen molar-refractivity contribution in [2.24, 2.45) is 23.7 Å². The van der Waals surface area contributed by atoms with Gasteiger partial charge < -0.3 is 9.84 Å². The molecule has 1 aromatic carbocycles. The minimum absolute atomic E-state index is 0.292. The van der Waals surface area contributed by atoms with E-state index in [4.69, 9.17) is 4.74 Å². The maximum Gasteiger partial charge on any atom is 0.119 e. The highest BCUT2D eigenvalue weighted by molar-refractivity contribution is 5.27. The number of aliphatic hydroxyl groups is 1. The van der Waals surface area contributed by atoms with Crippen molar-refractivity contribution in [3.8, 4) is 5.75 Å². The number of rotatable bonds is 7. The van der Waals surface area contributed by atoms with Crippen molar-refractivity contribution in [1.29, 1.82) is 0 Å². The third kappa shape index (κ3) is 4.08. The smallest absolute Gasteiger partial charge is 0.119 e. The normalized spacial score (nSPS) is 37.2. The van der Waals surface area contributed by atoms with Crippen molar-refractivity contribution in [3.63, 3.8) is 0 Å². The van der Waals surface area contributed by atoms with Crippen molar-refractivity contribution in [2.75, 3.05) is 32.8 Å². The SMILES string of the molecule is CCOc1ccc(CN2CCN(C3C4CC5CC(C4)CC3C5)C[C@@H]2CCO)cc1. The molecule has 4 bridgehead atoms. The molecule has 1 atom stereocenters. The first-order valence-corrected chi connectivity index (χ1v) is 12.0. The van der Waals surface area contributed by atoms with Crippen molar-refractivity contribution < 1.29 is 9.84 Å². The van der Waals surface area contributed by atoms with Crippen LogP contribution in [0, 0.1) is 23.7 Å². The van der Waals surface area contributed by atoms with Gasteiger partial charge in [0.05, 0.1) is 6.61 Å². The third-order valence-electron chi connectivity index (χ3n) is 8.32. The van der Waals surface area contributed by atoms with Crippen LogP contribution in [-0.4, -0.2) is 59.8 Å². The molecule has 160 valence electrons. The summed E-state index contributed by atoms with van der Waals surface area (Å²) in [4.78, 5) is 5.46. The summed E-state index contributed by atoms with van der Waals surface area (Å²) in [5.41, 5.74) is 1.35. The van der Waals surface area contributed by atoms with Crippen molar-refractivity contribution >= 4 is 0 Å². The van der Waals surface area contributed by atoms with E-state index in [0.29, 0.717) is 19.3 Å². The first-order valence-electron chi connectivity index (χ1n) is 12.0. The van der Waals surface area contributed by atoms with Gasteiger partial charge in [-0.15, -0.1) is 0 Å². The largest absolute Gasteiger partial charge is 0.494 e. The highest BCUT2D eigenvalue weighted by Gasteiger charge is 2.50. The van der Waals surface area contributed by atoms with E-state index in [0.717, 1.165) is 61.5 Å². The van der Waals surface area contributed by atoms with Crippen LogP contribution >= 0.6 is 0 Å². The Morgan fingerprint density at radius 2 is 1.66 bits per heavy atom. The minimum atomic E-state index is 0.292. The fourth-order valence-electron chi connectivity index (χ4n) is 7.40. The van der Waals surface area contributed by atoms with Gasteiger partial charge in [0.25, 0.3) is 0 Å². The lowest BCUT2D eigenvalue weighted by Crippen LogP contribution is -2.62. The molecular formula is C25H38N2O2. The molecule has 0 spiro atoms. The van der Waals surface area contributed by atoms with Gasteiger partial charge >= 0.3 is 0 Å². The van der Waals surface area contributed by atoms with Crippen LogP contribution in [-0.2, 0) is 6.54 Å². The first kappa shape index (κ1) is 19.8. The molecule has 4 aliphatic carbocycles. The molecular weight excluding hydrogens is 360 g/mol. The lowest BCUT2D eigenvalue weighted by molar-refractivity contribution is -0.0876. The molecule has 1 aliphatic heterocycles. The Bertz CT molecular complexity index is 648. The van der Waals surface area contributed by atoms with Crippen LogP contribution < -0.4 is 4.74 Å². The second-order valence-corrected chi connectivity index (χ2v) is 10.1. The van der Waals surface area contributed by atoms with Crippen LogP contribution in [0.5, 0.6) is 5.75 Å². The zero-order chi connectivity index (χ0) is 19.8. The number of nitrogens with zero attached hydrogens (tertiary/aromatic N) is 2. The molecule has 0 amide bonds. The molecule has 29 heavy (non-hydrogen) atoms. The number of benzene rings is 1. The van der Waals surface area contributed by atoms with E-state index in [1.807, 2.05) is 6.92 Å². The Hall–Kier alpha value is -1.10. The summed E-state index contributed by atoms with van der Waals surface area (Å²) in [5.74, 6) is 4.96. The number of piperazine rings is 1. The molecule has 5 aliphatic rings. The van der Waals surface area contributed by atoms with Gasteiger partial charge in [0.1, 0.15) is 5.75 Å². The Morgan fingerprint density at radius 1 is 0.966 bits per heavy atom. The van der Waals surface area contributed by atoms with Crippen LogP contribution in [0.2, 0.25) is 0 Å². The van der Waals surface area contributed by atoms with Gasteiger partial charge in [-0.25, -0.2) is 0 Å². The molecule has 0 radical (unpaired) electrons. The summed E-state index contributed by atoms with van der Waals surface area (Å²) in [7, 11) is 0. The van der Waals surface area contributed by atoms with Crippen LogP contribution in [0.4, 0.5) is 0 Å². The van der Waals surface area contributed by atoms with Gasteiger partial charge in [-0.05, 0) is 86.8 Å². The van der Waals surface area contributed by atoms with E-state index in [2.05, 4.69) is 34.1 Å². The fraction of sp³-hybridized carbons (Fsp3) is 0.760. The van der Waals surface area contributed by atoms with E-state index in [1.165, 1.54) is 44.2 Å². The zero-order valence-corrected chi connectivity index (χ0v) is 18.0. The molecule has 4 nitrogen and oxygen atoms in total. The fourth-order valence-corrected chi connectivity index (χ4v) is 7.40. The van der Waals surface area contributed by atoms with Gasteiger partial charge in [0, 0.05) is 44.9 Å². The summed E-state index contributed by atoms with van der Waals surface area (Å²) in [5, 5.41) is 9.73. The average Bonchev–Trinajstić information content (AvgIpc) is 2.71. The van der Waals surface area contributed by atoms with Crippen LogP contribution in [0.3, 0.4) is 0 Å². The molecule has 6 rings (SSSR count). The number of ether oxygens (including phenoxy) is 1. The monoisotopic (exact) mass is 398 g/mol. The molecule has 0 unspecified atom stereocenters. The lowest BCUT2D eigenvalue weighted by atomic mass is 9.53. The molecule has 1 aromatic rings. The Balaban J connectivity index is 1.24. The highest BCUT2D eigenvalue weighted by Crippen LogP contribution is 2.55. The summed E-state index contributed by atoms with van der Waals surface area (Å²) in [6, 6.07) is 9.88. The van der Waals surface area contributed by atoms with Gasteiger partial charge in [-0.2, -0.15) is 0 Å². The second kappa shape index (κ2) is 8.56. The predicted octanol–water partition coefficient (Wildman–Crippen LogP) is 3.78. The van der Waals surface area contributed by atoms with Crippen LogP contribution in [0.1, 0.15) is 51.0 Å². The molecule has 4 saturated carbocycles. The van der Waals surface area contributed by atoms with Crippen LogP contribution in [0.15, 0.2) is 24.3 Å². The van der Waals surface area contributed by atoms with E-state index in [9.17, 15) is 5.11 Å². The first-order chi connectivity index (χ1) is 14.2. The van der Waals surface area contributed by atoms with E-state index in [1.54, 1.807) is 0 Å². The molecule has 1 saturated heterocycles. The Labute approximate surface area is 176 Å². The second-order valence-electron chi connectivity index (χ2n) is 10.1. The Kier molecular flexibility index (Phi) is 5.86. The lowest BCUT2D eigenvalue weighted by Gasteiger charge is -2.59. The molecule has 5 fully saturated rings. The summed E-state index contributed by atoms with van der Waals surface area (Å²) < 4.78 is 5.59. The zero-order valence-electron chi connectivity index (χ0n) is 18.0. The van der Waals surface area contributed by atoms with Gasteiger partial charge in [-0.1, -0.05) is 12.1 Å². The van der Waals surface area contributed by atoms with Crippen molar-refractivity contribution in [2.45, 2.75) is 64.1 Å². The van der Waals surface area contributed by atoms with Crippen molar-refractivity contribution in [1.82, 2.24) is 9.80 Å². The van der Waals surface area contributed by atoms with Gasteiger partial charge in [-0.3, -0.25) is 9.80 Å². The van der Waals surface area contributed by atoms with E-state index >= 15 is 0 Å². The standard InChI is InChI=1S/C25H38N2O2/c1-2-29-24-5-3-18(4-6-24)16-26-8-9-27(17-23(26)7-10-28)25-21-12-19-11-20(14-21)15-22(25)13-19/h3-6,19-23,25,28H,2,7-17H2,1H3/t19?,20?,21?,22?,23-,25?/m0/s1. The number of aliphatic hydroxyl groups excluding tert-OH is 1.